The number of nitrogens with zero attached hydrogens (tertiary/aromatic N) is 2. The van der Waals surface area contributed by atoms with Gasteiger partial charge in [-0.15, -0.1) is 0 Å². The van der Waals surface area contributed by atoms with Crippen molar-refractivity contribution in [3.05, 3.63) is 60.3 Å². The summed E-state index contributed by atoms with van der Waals surface area (Å²) in [6, 6.07) is 17.1. The van der Waals surface area contributed by atoms with E-state index in [0.717, 1.165) is 22.3 Å². The number of fused-ring (bicyclic) bond motifs is 1. The summed E-state index contributed by atoms with van der Waals surface area (Å²) in [6.45, 7) is 0. The summed E-state index contributed by atoms with van der Waals surface area (Å²) in [5.74, 6) is 0. The summed E-state index contributed by atoms with van der Waals surface area (Å²) < 4.78 is 0. The second kappa shape index (κ2) is 4.90. The van der Waals surface area contributed by atoms with E-state index in [0.29, 0.717) is 11.3 Å². The standard InChI is InChI=1S/C16H12N4/c17-10-11-4-1-2-7-14(11)20-15-8-9-19-16-12(15)5-3-6-13(16)18/h1-9H,18H2,(H,19,20). The number of para-hydroxylation sites is 2. The molecule has 3 aromatic rings. The zero-order valence-electron chi connectivity index (χ0n) is 10.7. The number of nitriles is 1. The minimum Gasteiger partial charge on any atom is -0.397 e. The maximum Gasteiger partial charge on any atom is 0.101 e. The van der Waals surface area contributed by atoms with Crippen molar-refractivity contribution in [2.45, 2.75) is 0 Å². The third-order valence-electron chi connectivity index (χ3n) is 3.12. The molecule has 1 aromatic heterocycles. The Morgan fingerprint density at radius 1 is 1.00 bits per heavy atom. The highest BCUT2D eigenvalue weighted by Crippen LogP contribution is 2.28. The van der Waals surface area contributed by atoms with E-state index in [4.69, 9.17) is 11.0 Å². The Hall–Kier alpha value is -3.06. The van der Waals surface area contributed by atoms with Crippen molar-refractivity contribution in [3.8, 4) is 6.07 Å². The maximum atomic E-state index is 9.13. The van der Waals surface area contributed by atoms with Gasteiger partial charge in [-0.1, -0.05) is 24.3 Å². The third-order valence-corrected chi connectivity index (χ3v) is 3.12. The van der Waals surface area contributed by atoms with Gasteiger partial charge in [0.2, 0.25) is 0 Å². The van der Waals surface area contributed by atoms with Crippen molar-refractivity contribution < 1.29 is 0 Å². The average molecular weight is 260 g/mol. The highest BCUT2D eigenvalue weighted by molar-refractivity contribution is 5.99. The number of rotatable bonds is 2. The first-order valence-corrected chi connectivity index (χ1v) is 6.19. The molecule has 3 rings (SSSR count). The van der Waals surface area contributed by atoms with Crippen molar-refractivity contribution in [1.29, 1.82) is 5.26 Å². The molecule has 2 aromatic carbocycles. The van der Waals surface area contributed by atoms with E-state index in [2.05, 4.69) is 16.4 Å². The molecule has 1 heterocycles. The zero-order valence-corrected chi connectivity index (χ0v) is 10.7. The number of aromatic nitrogens is 1. The molecule has 0 fully saturated rings. The number of nitrogens with two attached hydrogens (primary N) is 1. The molecule has 4 nitrogen and oxygen atoms in total. The van der Waals surface area contributed by atoms with Gasteiger partial charge in [0.05, 0.1) is 22.5 Å². The van der Waals surface area contributed by atoms with Gasteiger partial charge in [0.25, 0.3) is 0 Å². The van der Waals surface area contributed by atoms with E-state index < -0.39 is 0 Å². The van der Waals surface area contributed by atoms with Gasteiger partial charge in [-0.3, -0.25) is 4.98 Å². The van der Waals surface area contributed by atoms with Crippen LogP contribution >= 0.6 is 0 Å². The molecule has 0 aliphatic carbocycles. The lowest BCUT2D eigenvalue weighted by Crippen LogP contribution is -1.96. The number of nitrogens with one attached hydrogen (secondary N) is 1. The lowest BCUT2D eigenvalue weighted by molar-refractivity contribution is 1.40. The van der Waals surface area contributed by atoms with Crippen LogP contribution in [0.3, 0.4) is 0 Å². The highest BCUT2D eigenvalue weighted by atomic mass is 14.9. The smallest absolute Gasteiger partial charge is 0.101 e. The van der Waals surface area contributed by atoms with Gasteiger partial charge in [-0.05, 0) is 24.3 Å². The largest absolute Gasteiger partial charge is 0.397 e. The number of hydrogen-bond acceptors (Lipinski definition) is 4. The van der Waals surface area contributed by atoms with Gasteiger partial charge in [0.1, 0.15) is 6.07 Å². The zero-order chi connectivity index (χ0) is 13.9. The van der Waals surface area contributed by atoms with Crippen molar-refractivity contribution in [1.82, 2.24) is 4.98 Å². The molecule has 0 saturated heterocycles. The van der Waals surface area contributed by atoms with E-state index >= 15 is 0 Å². The Balaban J connectivity index is 2.12. The molecule has 0 bridgehead atoms. The third kappa shape index (κ3) is 2.02. The van der Waals surface area contributed by atoms with Crippen LogP contribution in [0.2, 0.25) is 0 Å². The van der Waals surface area contributed by atoms with Crippen LogP contribution in [-0.2, 0) is 0 Å². The normalized spacial score (nSPS) is 10.2. The molecule has 0 atom stereocenters. The first-order valence-electron chi connectivity index (χ1n) is 6.19. The molecule has 0 spiro atoms. The Kier molecular flexibility index (Phi) is 2.94. The van der Waals surface area contributed by atoms with E-state index in [1.54, 1.807) is 12.3 Å². The van der Waals surface area contributed by atoms with Crippen LogP contribution in [0, 0.1) is 11.3 Å². The summed E-state index contributed by atoms with van der Waals surface area (Å²) in [5.41, 5.74) is 9.57. The number of benzene rings is 2. The van der Waals surface area contributed by atoms with E-state index in [-0.39, 0.29) is 0 Å². The van der Waals surface area contributed by atoms with Crippen LogP contribution in [0.1, 0.15) is 5.56 Å². The van der Waals surface area contributed by atoms with Gasteiger partial charge in [0, 0.05) is 17.3 Å². The second-order valence-electron chi connectivity index (χ2n) is 4.38. The minimum atomic E-state index is 0.598. The number of pyridine rings is 1. The van der Waals surface area contributed by atoms with Crippen LogP contribution in [0.4, 0.5) is 17.1 Å². The molecule has 0 radical (unpaired) electrons. The van der Waals surface area contributed by atoms with Crippen LogP contribution < -0.4 is 11.1 Å². The highest BCUT2D eigenvalue weighted by Gasteiger charge is 2.06. The van der Waals surface area contributed by atoms with Crippen molar-refractivity contribution in [2.24, 2.45) is 0 Å². The predicted octanol–water partition coefficient (Wildman–Crippen LogP) is 3.43. The average Bonchev–Trinajstić information content (AvgIpc) is 2.49. The summed E-state index contributed by atoms with van der Waals surface area (Å²) in [7, 11) is 0. The Morgan fingerprint density at radius 2 is 1.85 bits per heavy atom. The van der Waals surface area contributed by atoms with Gasteiger partial charge in [0.15, 0.2) is 0 Å². The van der Waals surface area contributed by atoms with Crippen LogP contribution in [-0.4, -0.2) is 4.98 Å². The summed E-state index contributed by atoms with van der Waals surface area (Å²) >= 11 is 0. The van der Waals surface area contributed by atoms with Crippen LogP contribution in [0.25, 0.3) is 10.9 Å². The first kappa shape index (κ1) is 12.0. The molecule has 0 aliphatic rings. The van der Waals surface area contributed by atoms with Crippen molar-refractivity contribution >= 4 is 28.0 Å². The van der Waals surface area contributed by atoms with Gasteiger partial charge in [-0.25, -0.2) is 0 Å². The Morgan fingerprint density at radius 3 is 2.70 bits per heavy atom. The molecule has 3 N–H and O–H groups in total. The molecule has 0 saturated carbocycles. The monoisotopic (exact) mass is 260 g/mol. The van der Waals surface area contributed by atoms with Crippen LogP contribution in [0.5, 0.6) is 0 Å². The van der Waals surface area contributed by atoms with Gasteiger partial charge in [-0.2, -0.15) is 5.26 Å². The molecule has 0 aliphatic heterocycles. The van der Waals surface area contributed by atoms with E-state index in [1.165, 1.54) is 0 Å². The van der Waals surface area contributed by atoms with E-state index in [9.17, 15) is 0 Å². The molecule has 4 heteroatoms. The van der Waals surface area contributed by atoms with Crippen molar-refractivity contribution in [3.63, 3.8) is 0 Å². The van der Waals surface area contributed by atoms with Gasteiger partial charge < -0.3 is 11.1 Å². The fraction of sp³-hybridized carbons (Fsp3) is 0. The molecular weight excluding hydrogens is 248 g/mol. The number of anilines is 3. The summed E-state index contributed by atoms with van der Waals surface area (Å²) in [6.07, 6.45) is 1.70. The SMILES string of the molecule is N#Cc1ccccc1Nc1ccnc2c(N)cccc12. The summed E-state index contributed by atoms with van der Waals surface area (Å²) in [5, 5.41) is 13.3. The second-order valence-corrected chi connectivity index (χ2v) is 4.38. The topological polar surface area (TPSA) is 74.7 Å². The quantitative estimate of drug-likeness (QED) is 0.692. The molecule has 0 unspecified atom stereocenters. The predicted molar refractivity (Wildman–Crippen MR) is 80.6 cm³/mol. The first-order chi connectivity index (χ1) is 9.79. The molecular formula is C16H12N4. The minimum absolute atomic E-state index is 0.598. The Labute approximate surface area is 116 Å². The fourth-order valence-corrected chi connectivity index (χ4v) is 2.14. The Bertz CT molecular complexity index is 818. The summed E-state index contributed by atoms with van der Waals surface area (Å²) in [4.78, 5) is 4.30. The van der Waals surface area contributed by atoms with Crippen molar-refractivity contribution in [2.75, 3.05) is 11.1 Å². The van der Waals surface area contributed by atoms with Crippen LogP contribution in [0.15, 0.2) is 54.7 Å². The number of hydrogen-bond donors (Lipinski definition) is 2. The maximum absolute atomic E-state index is 9.13. The molecule has 96 valence electrons. The molecule has 20 heavy (non-hydrogen) atoms. The van der Waals surface area contributed by atoms with Gasteiger partial charge >= 0.3 is 0 Å². The van der Waals surface area contributed by atoms with E-state index in [1.807, 2.05) is 42.5 Å². The molecule has 0 amide bonds. The fourth-order valence-electron chi connectivity index (χ4n) is 2.14. The number of nitrogen functional groups attached to an aromatic ring is 1. The lowest BCUT2D eigenvalue weighted by Gasteiger charge is -2.11. The lowest BCUT2D eigenvalue weighted by atomic mass is 10.1.